The van der Waals surface area contributed by atoms with Crippen molar-refractivity contribution in [2.75, 3.05) is 5.43 Å². The summed E-state index contributed by atoms with van der Waals surface area (Å²) in [6.07, 6.45) is 2.37. The summed E-state index contributed by atoms with van der Waals surface area (Å²) in [7, 11) is 0. The normalized spacial score (nSPS) is 10.9. The van der Waals surface area contributed by atoms with Crippen LogP contribution in [0.15, 0.2) is 23.4 Å². The maximum absolute atomic E-state index is 12.6. The highest BCUT2D eigenvalue weighted by atomic mass is 35.5. The summed E-state index contributed by atoms with van der Waals surface area (Å²) in [5.41, 5.74) is 2.88. The lowest BCUT2D eigenvalue weighted by Gasteiger charge is -2.01. The number of aromatic nitrogens is 3. The second kappa shape index (κ2) is 6.10. The highest BCUT2D eigenvalue weighted by molar-refractivity contribution is 6.38. The predicted octanol–water partition coefficient (Wildman–Crippen LogP) is 3.42. The molecule has 0 atom stereocenters. The summed E-state index contributed by atoms with van der Waals surface area (Å²) in [6, 6.07) is 2.67. The van der Waals surface area contributed by atoms with E-state index in [2.05, 4.69) is 25.5 Å². The Hall–Kier alpha value is -1.50. The first-order valence-corrected chi connectivity index (χ1v) is 5.99. The zero-order valence-corrected chi connectivity index (χ0v) is 11.4. The maximum atomic E-state index is 12.6. The van der Waals surface area contributed by atoms with E-state index in [0.29, 0.717) is 11.4 Å². The third-order valence-electron chi connectivity index (χ3n) is 1.93. The summed E-state index contributed by atoms with van der Waals surface area (Å²) in [4.78, 5) is 11.2. The number of pyridine rings is 1. The molecular formula is C10H5Cl3FN5. The van der Waals surface area contributed by atoms with Gasteiger partial charge in [0, 0.05) is 0 Å². The van der Waals surface area contributed by atoms with Gasteiger partial charge in [-0.15, -0.1) is 0 Å². The van der Waals surface area contributed by atoms with Gasteiger partial charge in [-0.25, -0.2) is 19.3 Å². The average molecular weight is 321 g/mol. The Bertz CT molecular complexity index is 594. The van der Waals surface area contributed by atoms with Gasteiger partial charge < -0.3 is 0 Å². The summed E-state index contributed by atoms with van der Waals surface area (Å²) in [6.45, 7) is 0. The number of anilines is 1. The smallest absolute Gasteiger partial charge is 0.225 e. The fraction of sp³-hybridized carbons (Fsp3) is 0. The van der Waals surface area contributed by atoms with Gasteiger partial charge in [-0.3, -0.25) is 5.43 Å². The molecule has 2 heterocycles. The van der Waals surface area contributed by atoms with Crippen LogP contribution in [0.25, 0.3) is 0 Å². The number of halogens is 4. The molecule has 0 aliphatic rings. The Balaban J connectivity index is 2.13. The number of hydrogen-bond donors (Lipinski definition) is 1. The third kappa shape index (κ3) is 3.73. The summed E-state index contributed by atoms with van der Waals surface area (Å²) >= 11 is 17.2. The third-order valence-corrected chi connectivity index (χ3v) is 2.67. The Morgan fingerprint density at radius 3 is 2.42 bits per heavy atom. The Morgan fingerprint density at radius 1 is 1.16 bits per heavy atom. The van der Waals surface area contributed by atoms with Gasteiger partial charge in [-0.1, -0.05) is 23.2 Å². The fourth-order valence-corrected chi connectivity index (χ4v) is 1.84. The van der Waals surface area contributed by atoms with Crippen LogP contribution >= 0.6 is 34.8 Å². The molecule has 0 unspecified atom stereocenters. The molecule has 2 rings (SSSR count). The molecule has 0 fully saturated rings. The Labute approximate surface area is 122 Å². The molecule has 98 valence electrons. The Morgan fingerprint density at radius 2 is 1.84 bits per heavy atom. The molecule has 0 amide bonds. The first-order chi connectivity index (χ1) is 9.06. The van der Waals surface area contributed by atoms with Gasteiger partial charge in [-0.05, 0) is 23.7 Å². The lowest BCUT2D eigenvalue weighted by Crippen LogP contribution is -1.97. The van der Waals surface area contributed by atoms with Gasteiger partial charge in [-0.2, -0.15) is 5.10 Å². The van der Waals surface area contributed by atoms with Crippen LogP contribution in [0.4, 0.5) is 10.2 Å². The molecule has 0 aliphatic heterocycles. The average Bonchev–Trinajstić information content (AvgIpc) is 2.34. The van der Waals surface area contributed by atoms with Gasteiger partial charge >= 0.3 is 0 Å². The number of hydrazone groups is 1. The number of hydrogen-bond acceptors (Lipinski definition) is 5. The zero-order valence-electron chi connectivity index (χ0n) is 9.11. The highest BCUT2D eigenvalue weighted by Gasteiger charge is 2.08. The van der Waals surface area contributed by atoms with Gasteiger partial charge in [0.15, 0.2) is 0 Å². The van der Waals surface area contributed by atoms with Crippen LogP contribution in [-0.2, 0) is 0 Å². The van der Waals surface area contributed by atoms with Crippen molar-refractivity contribution in [2.24, 2.45) is 5.10 Å². The SMILES string of the molecule is Fc1ccc(N/N=C\c2c(Cl)nc(Cl)nc2Cl)nc1. The van der Waals surface area contributed by atoms with Crippen molar-refractivity contribution >= 4 is 46.8 Å². The molecule has 0 saturated heterocycles. The molecule has 0 radical (unpaired) electrons. The number of rotatable bonds is 3. The quantitative estimate of drug-likeness (QED) is 0.407. The van der Waals surface area contributed by atoms with Gasteiger partial charge in [0.05, 0.1) is 18.0 Å². The van der Waals surface area contributed by atoms with Crippen LogP contribution in [0.1, 0.15) is 5.56 Å². The van der Waals surface area contributed by atoms with Crippen LogP contribution in [0.3, 0.4) is 0 Å². The summed E-state index contributed by atoms with van der Waals surface area (Å²) in [5, 5.41) is 3.93. The summed E-state index contributed by atoms with van der Waals surface area (Å²) in [5.74, 6) is -0.0773. The molecule has 0 aromatic carbocycles. The standard InChI is InChI=1S/C10H5Cl3FN5/c11-8-6(9(12)18-10(13)17-8)4-16-19-7-2-1-5(14)3-15-7/h1-4H,(H,15,19)/b16-4-. The second-order valence-electron chi connectivity index (χ2n) is 3.22. The predicted molar refractivity (Wildman–Crippen MR) is 72.5 cm³/mol. The van der Waals surface area contributed by atoms with Crippen molar-refractivity contribution in [3.05, 3.63) is 45.3 Å². The van der Waals surface area contributed by atoms with Crippen LogP contribution in [0, 0.1) is 5.82 Å². The second-order valence-corrected chi connectivity index (χ2v) is 4.27. The van der Waals surface area contributed by atoms with Crippen LogP contribution in [0.2, 0.25) is 15.6 Å². The topological polar surface area (TPSA) is 63.1 Å². The van der Waals surface area contributed by atoms with E-state index >= 15 is 0 Å². The van der Waals surface area contributed by atoms with Crippen molar-refractivity contribution in [2.45, 2.75) is 0 Å². The molecule has 0 aliphatic carbocycles. The number of nitrogens with one attached hydrogen (secondary N) is 1. The molecule has 9 heteroatoms. The first-order valence-electron chi connectivity index (χ1n) is 4.85. The Kier molecular flexibility index (Phi) is 4.47. The molecule has 19 heavy (non-hydrogen) atoms. The fourth-order valence-electron chi connectivity index (χ4n) is 1.10. The van der Waals surface area contributed by atoms with Crippen molar-refractivity contribution in [1.82, 2.24) is 15.0 Å². The molecule has 2 aromatic heterocycles. The monoisotopic (exact) mass is 319 g/mol. The van der Waals surface area contributed by atoms with Crippen molar-refractivity contribution in [3.63, 3.8) is 0 Å². The number of nitrogens with zero attached hydrogens (tertiary/aromatic N) is 4. The molecule has 1 N–H and O–H groups in total. The van der Waals surface area contributed by atoms with Crippen molar-refractivity contribution < 1.29 is 4.39 Å². The van der Waals surface area contributed by atoms with E-state index in [0.717, 1.165) is 6.20 Å². The van der Waals surface area contributed by atoms with Gasteiger partial charge in [0.1, 0.15) is 21.9 Å². The van der Waals surface area contributed by atoms with Gasteiger partial charge in [0.25, 0.3) is 0 Å². The lowest BCUT2D eigenvalue weighted by molar-refractivity contribution is 0.622. The van der Waals surface area contributed by atoms with Crippen molar-refractivity contribution in [3.8, 4) is 0 Å². The van der Waals surface area contributed by atoms with Crippen LogP contribution in [-0.4, -0.2) is 21.2 Å². The molecule has 0 saturated carbocycles. The van der Waals surface area contributed by atoms with E-state index < -0.39 is 5.82 Å². The maximum Gasteiger partial charge on any atom is 0.225 e. The lowest BCUT2D eigenvalue weighted by atomic mass is 10.4. The van der Waals surface area contributed by atoms with Crippen molar-refractivity contribution in [1.29, 1.82) is 0 Å². The molecule has 5 nitrogen and oxygen atoms in total. The van der Waals surface area contributed by atoms with E-state index in [9.17, 15) is 4.39 Å². The van der Waals surface area contributed by atoms with Crippen LogP contribution < -0.4 is 5.43 Å². The summed E-state index contributed by atoms with van der Waals surface area (Å²) < 4.78 is 12.6. The van der Waals surface area contributed by atoms with E-state index in [1.54, 1.807) is 0 Å². The zero-order chi connectivity index (χ0) is 13.8. The van der Waals surface area contributed by atoms with E-state index in [-0.39, 0.29) is 15.6 Å². The first kappa shape index (κ1) is 13.9. The van der Waals surface area contributed by atoms with Gasteiger partial charge in [0.2, 0.25) is 5.28 Å². The van der Waals surface area contributed by atoms with E-state index in [1.807, 2.05) is 0 Å². The minimum absolute atomic E-state index is 0.0553. The molecule has 0 bridgehead atoms. The molecule has 0 spiro atoms. The largest absolute Gasteiger partial charge is 0.261 e. The molecule has 2 aromatic rings. The van der Waals surface area contributed by atoms with E-state index in [1.165, 1.54) is 18.3 Å². The minimum atomic E-state index is -0.438. The molecular weight excluding hydrogens is 316 g/mol. The van der Waals surface area contributed by atoms with E-state index in [4.69, 9.17) is 34.8 Å². The highest BCUT2D eigenvalue weighted by Crippen LogP contribution is 2.20. The van der Waals surface area contributed by atoms with Crippen LogP contribution in [0.5, 0.6) is 0 Å². The minimum Gasteiger partial charge on any atom is -0.261 e.